The van der Waals surface area contributed by atoms with Gasteiger partial charge in [-0.2, -0.15) is 0 Å². The summed E-state index contributed by atoms with van der Waals surface area (Å²) < 4.78 is 11.7. The van der Waals surface area contributed by atoms with Crippen molar-refractivity contribution < 1.29 is 33.8 Å². The van der Waals surface area contributed by atoms with Crippen LogP contribution < -0.4 is 16.4 Å². The van der Waals surface area contributed by atoms with Crippen molar-refractivity contribution in [3.8, 4) is 0 Å². The van der Waals surface area contributed by atoms with Crippen molar-refractivity contribution in [1.82, 2.24) is 20.4 Å². The molecule has 0 saturated carbocycles. The highest BCUT2D eigenvalue weighted by atomic mass is 16.5. The van der Waals surface area contributed by atoms with Crippen LogP contribution in [0.3, 0.4) is 0 Å². The van der Waals surface area contributed by atoms with Crippen LogP contribution in [0.15, 0.2) is 37.0 Å². The van der Waals surface area contributed by atoms with Gasteiger partial charge < -0.3 is 40.7 Å². The van der Waals surface area contributed by atoms with Crippen molar-refractivity contribution in [1.29, 1.82) is 0 Å². The van der Waals surface area contributed by atoms with Crippen molar-refractivity contribution in [2.24, 2.45) is 29.4 Å². The van der Waals surface area contributed by atoms with Crippen LogP contribution in [-0.2, 0) is 28.7 Å². The highest BCUT2D eigenvalue weighted by molar-refractivity contribution is 5.81. The van der Waals surface area contributed by atoms with E-state index in [0.29, 0.717) is 25.0 Å². The van der Waals surface area contributed by atoms with Gasteiger partial charge in [0.2, 0.25) is 23.6 Å². The summed E-state index contributed by atoms with van der Waals surface area (Å²) in [6.45, 7) is 23.5. The molecule has 1 rings (SSSR count). The first kappa shape index (κ1) is 47.9. The molecular formula is C39H71N5O7. The standard InChI is InChI=1S/C33H57N3O6.C6H14N2O/c1-12-16-25(14-3)31(39)24(8)34-33(40)23(7)32(42-11)26-17-15-18-36(26)29(38)20-27(41-10)30(22(6)13-2)35(9)28(37)19-21(4)5;1-4(2)5(8-3)6(7)9/h12,14,16,21-24,26-27,30-32,39H,1,3,13,15,17-20H2,2,4-11H3,(H,34,40);4-5,8H,1-3H3,(H2,7,9)/b25-16+;. The van der Waals surface area contributed by atoms with Gasteiger partial charge in [0.25, 0.3) is 0 Å². The van der Waals surface area contributed by atoms with E-state index in [1.165, 1.54) is 6.08 Å². The maximum absolute atomic E-state index is 13.8. The minimum absolute atomic E-state index is 0.0441. The average Bonchev–Trinajstić information content (AvgIpc) is 3.56. The van der Waals surface area contributed by atoms with Crippen molar-refractivity contribution >= 4 is 23.6 Å². The van der Waals surface area contributed by atoms with E-state index >= 15 is 0 Å². The minimum atomic E-state index is -0.947. The van der Waals surface area contributed by atoms with Gasteiger partial charge >= 0.3 is 0 Å². The summed E-state index contributed by atoms with van der Waals surface area (Å²) in [5.74, 6) is -0.534. The van der Waals surface area contributed by atoms with Gasteiger partial charge in [0.1, 0.15) is 0 Å². The Bertz CT molecular complexity index is 1140. The summed E-state index contributed by atoms with van der Waals surface area (Å²) in [4.78, 5) is 54.2. The zero-order valence-corrected chi connectivity index (χ0v) is 33.6. The monoisotopic (exact) mass is 722 g/mol. The highest BCUT2D eigenvalue weighted by Crippen LogP contribution is 2.29. The summed E-state index contributed by atoms with van der Waals surface area (Å²) in [5, 5.41) is 16.4. The predicted molar refractivity (Wildman–Crippen MR) is 205 cm³/mol. The number of ether oxygens (including phenoxy) is 2. The quantitative estimate of drug-likeness (QED) is 0.130. The fourth-order valence-corrected chi connectivity index (χ4v) is 6.77. The van der Waals surface area contributed by atoms with E-state index in [0.717, 1.165) is 12.8 Å². The Kier molecular flexibility index (Phi) is 22.8. The molecule has 0 bridgehead atoms. The van der Waals surface area contributed by atoms with Crippen LogP contribution in [0.1, 0.15) is 87.5 Å². The fraction of sp³-hybridized carbons (Fsp3) is 0.744. The van der Waals surface area contributed by atoms with Crippen LogP contribution in [0.2, 0.25) is 0 Å². The first-order valence-corrected chi connectivity index (χ1v) is 18.4. The number of primary amides is 1. The van der Waals surface area contributed by atoms with E-state index in [-0.39, 0.29) is 65.9 Å². The van der Waals surface area contributed by atoms with Crippen LogP contribution in [0.4, 0.5) is 0 Å². The molecule has 0 radical (unpaired) electrons. The molecule has 1 heterocycles. The van der Waals surface area contributed by atoms with E-state index in [1.807, 2.05) is 32.6 Å². The number of nitrogens with two attached hydrogens (primary N) is 1. The molecule has 1 saturated heterocycles. The van der Waals surface area contributed by atoms with E-state index in [4.69, 9.17) is 15.2 Å². The molecule has 0 spiro atoms. The number of nitrogens with one attached hydrogen (secondary N) is 2. The van der Waals surface area contributed by atoms with Crippen molar-refractivity contribution in [2.75, 3.05) is 34.9 Å². The van der Waals surface area contributed by atoms with E-state index < -0.39 is 30.3 Å². The molecule has 294 valence electrons. The van der Waals surface area contributed by atoms with Gasteiger partial charge in [0.15, 0.2) is 0 Å². The molecule has 9 unspecified atom stereocenters. The molecule has 51 heavy (non-hydrogen) atoms. The Morgan fingerprint density at radius 2 is 1.65 bits per heavy atom. The molecule has 9 atom stereocenters. The number of nitrogens with zero attached hydrogens (tertiary/aromatic N) is 2. The molecule has 12 nitrogen and oxygen atoms in total. The van der Waals surface area contributed by atoms with E-state index in [2.05, 4.69) is 37.6 Å². The second kappa shape index (κ2) is 24.2. The minimum Gasteiger partial charge on any atom is -0.386 e. The Morgan fingerprint density at radius 1 is 1.04 bits per heavy atom. The number of aliphatic hydroxyl groups is 1. The number of likely N-dealkylation sites (tertiary alicyclic amines) is 1. The normalized spacial score (nSPS) is 19.5. The summed E-state index contributed by atoms with van der Waals surface area (Å²) in [6, 6.07) is -1.29. The lowest BCUT2D eigenvalue weighted by atomic mass is 9.90. The summed E-state index contributed by atoms with van der Waals surface area (Å²) in [7, 11) is 6.69. The molecule has 1 fully saturated rings. The second-order valence-electron chi connectivity index (χ2n) is 14.5. The SMILES string of the molecule is C=C/C=C(\C=C)C(O)C(C)NC(=O)C(C)C(OC)C1CCCN1C(=O)CC(OC)C(C(C)CC)N(C)C(=O)CC(C)C.CNC(C(N)=O)C(C)C. The molecule has 1 aliphatic heterocycles. The lowest BCUT2D eigenvalue weighted by Crippen LogP contribution is -2.54. The molecule has 0 aliphatic carbocycles. The Balaban J connectivity index is 0.00000243. The molecule has 0 aromatic rings. The van der Waals surface area contributed by atoms with Gasteiger partial charge in [-0.15, -0.1) is 0 Å². The average molecular weight is 722 g/mol. The molecule has 12 heteroatoms. The molecule has 0 aromatic heterocycles. The number of hydrogen-bond acceptors (Lipinski definition) is 8. The van der Waals surface area contributed by atoms with Crippen molar-refractivity contribution in [3.63, 3.8) is 0 Å². The number of likely N-dealkylation sites (N-methyl/N-ethyl adjacent to an activating group) is 2. The maximum atomic E-state index is 13.8. The first-order chi connectivity index (χ1) is 23.9. The van der Waals surface area contributed by atoms with Crippen LogP contribution in [-0.4, -0.2) is 116 Å². The third kappa shape index (κ3) is 14.8. The van der Waals surface area contributed by atoms with Crippen LogP contribution in [0.25, 0.3) is 0 Å². The number of amides is 4. The van der Waals surface area contributed by atoms with Crippen molar-refractivity contribution in [2.45, 2.75) is 130 Å². The smallest absolute Gasteiger partial charge is 0.234 e. The molecule has 5 N–H and O–H groups in total. The lowest BCUT2D eigenvalue weighted by Gasteiger charge is -2.39. The Morgan fingerprint density at radius 3 is 2.06 bits per heavy atom. The largest absolute Gasteiger partial charge is 0.386 e. The molecular weight excluding hydrogens is 650 g/mol. The predicted octanol–water partition coefficient (Wildman–Crippen LogP) is 3.83. The van der Waals surface area contributed by atoms with Crippen molar-refractivity contribution in [3.05, 3.63) is 37.0 Å². The first-order valence-electron chi connectivity index (χ1n) is 18.4. The third-order valence-corrected chi connectivity index (χ3v) is 9.90. The summed E-state index contributed by atoms with van der Waals surface area (Å²) in [5.41, 5.74) is 5.60. The van der Waals surface area contributed by atoms with Crippen LogP contribution in [0, 0.1) is 23.7 Å². The number of aliphatic hydroxyl groups excluding tert-OH is 1. The highest BCUT2D eigenvalue weighted by Gasteiger charge is 2.42. The zero-order valence-electron chi connectivity index (χ0n) is 33.6. The Hall–Kier alpha value is -3.06. The molecule has 1 aliphatic rings. The summed E-state index contributed by atoms with van der Waals surface area (Å²) in [6.07, 6.45) is 5.71. The molecule has 0 aromatic carbocycles. The summed E-state index contributed by atoms with van der Waals surface area (Å²) >= 11 is 0. The van der Waals surface area contributed by atoms with E-state index in [9.17, 15) is 24.3 Å². The number of allylic oxidation sites excluding steroid dienone is 2. The van der Waals surface area contributed by atoms with Gasteiger partial charge in [-0.1, -0.05) is 86.3 Å². The van der Waals surface area contributed by atoms with Crippen LogP contribution >= 0.6 is 0 Å². The number of carbonyl (C=O) groups is 4. The number of methoxy groups -OCH3 is 2. The van der Waals surface area contributed by atoms with E-state index in [1.54, 1.807) is 59.2 Å². The van der Waals surface area contributed by atoms with Gasteiger partial charge in [-0.3, -0.25) is 19.2 Å². The third-order valence-electron chi connectivity index (χ3n) is 9.90. The zero-order chi connectivity index (χ0) is 39.6. The lowest BCUT2D eigenvalue weighted by molar-refractivity contribution is -0.146. The molecule has 4 amide bonds. The van der Waals surface area contributed by atoms with Gasteiger partial charge in [0.05, 0.1) is 54.8 Å². The maximum Gasteiger partial charge on any atom is 0.234 e. The number of rotatable bonds is 21. The van der Waals surface area contributed by atoms with Crippen LogP contribution in [0.5, 0.6) is 0 Å². The second-order valence-corrected chi connectivity index (χ2v) is 14.5. The topological polar surface area (TPSA) is 164 Å². The number of carbonyl (C=O) groups excluding carboxylic acids is 4. The van der Waals surface area contributed by atoms with Gasteiger partial charge in [-0.05, 0) is 50.1 Å². The van der Waals surface area contributed by atoms with Gasteiger partial charge in [0, 0.05) is 34.2 Å². The Labute approximate surface area is 308 Å². The number of hydrogen-bond donors (Lipinski definition) is 4. The van der Waals surface area contributed by atoms with Gasteiger partial charge in [-0.25, -0.2) is 0 Å². The fourth-order valence-electron chi connectivity index (χ4n) is 6.77.